The maximum atomic E-state index is 11.6. The van der Waals surface area contributed by atoms with E-state index >= 15 is 0 Å². The maximum absolute atomic E-state index is 11.6. The van der Waals surface area contributed by atoms with E-state index in [9.17, 15) is 9.90 Å². The van der Waals surface area contributed by atoms with Crippen molar-refractivity contribution in [3.05, 3.63) is 27.5 Å². The van der Waals surface area contributed by atoms with Gasteiger partial charge in [-0.1, -0.05) is 6.07 Å². The molecule has 0 aliphatic rings. The number of esters is 1. The van der Waals surface area contributed by atoms with Crippen molar-refractivity contribution in [2.45, 2.75) is 6.92 Å². The van der Waals surface area contributed by atoms with E-state index in [1.165, 1.54) is 11.3 Å². The Hall–Kier alpha value is -1.07. The van der Waals surface area contributed by atoms with Crippen LogP contribution in [0.5, 0.6) is 5.75 Å². The van der Waals surface area contributed by atoms with E-state index in [1.807, 2.05) is 12.1 Å². The molecule has 0 fully saturated rings. The predicted molar refractivity (Wildman–Crippen MR) is 67.1 cm³/mol. The number of aromatic hydroxyl groups is 1. The molecule has 16 heavy (non-hydrogen) atoms. The SMILES string of the molecule is CCOC(=O)c1sc2c(Br)cccc2c1O. The fraction of sp³-hybridized carbons (Fsp3) is 0.182. The number of hydrogen-bond acceptors (Lipinski definition) is 4. The topological polar surface area (TPSA) is 46.5 Å². The highest BCUT2D eigenvalue weighted by molar-refractivity contribution is 9.10. The van der Waals surface area contributed by atoms with Gasteiger partial charge in [-0.15, -0.1) is 11.3 Å². The van der Waals surface area contributed by atoms with Crippen molar-refractivity contribution in [1.82, 2.24) is 0 Å². The second-order valence-corrected chi connectivity index (χ2v) is 4.99. The number of thiophene rings is 1. The highest BCUT2D eigenvalue weighted by atomic mass is 79.9. The van der Waals surface area contributed by atoms with Crippen molar-refractivity contribution in [3.8, 4) is 5.75 Å². The minimum Gasteiger partial charge on any atom is -0.505 e. The van der Waals surface area contributed by atoms with E-state index < -0.39 is 5.97 Å². The summed E-state index contributed by atoms with van der Waals surface area (Å²) in [6, 6.07) is 5.45. The molecule has 1 N–H and O–H groups in total. The van der Waals surface area contributed by atoms with Crippen LogP contribution < -0.4 is 0 Å². The molecular formula is C11H9BrO3S. The molecule has 1 aromatic heterocycles. The number of ether oxygens (including phenoxy) is 1. The molecule has 0 aliphatic carbocycles. The number of fused-ring (bicyclic) bond motifs is 1. The van der Waals surface area contributed by atoms with Crippen LogP contribution in [0.15, 0.2) is 22.7 Å². The molecule has 0 aliphatic heterocycles. The maximum Gasteiger partial charge on any atom is 0.352 e. The highest BCUT2D eigenvalue weighted by Gasteiger charge is 2.19. The number of rotatable bonds is 2. The van der Waals surface area contributed by atoms with Gasteiger partial charge in [0.15, 0.2) is 4.88 Å². The van der Waals surface area contributed by atoms with E-state index in [1.54, 1.807) is 13.0 Å². The van der Waals surface area contributed by atoms with Gasteiger partial charge in [0.1, 0.15) is 5.75 Å². The van der Waals surface area contributed by atoms with Gasteiger partial charge in [-0.2, -0.15) is 0 Å². The first-order chi connectivity index (χ1) is 7.65. The number of hydrogen-bond donors (Lipinski definition) is 1. The van der Waals surface area contributed by atoms with E-state index in [0.29, 0.717) is 12.0 Å². The standard InChI is InChI=1S/C11H9BrO3S/c1-2-15-11(14)10-8(13)6-4-3-5-7(12)9(6)16-10/h3-5,13H,2H2,1H3. The summed E-state index contributed by atoms with van der Waals surface area (Å²) in [6.45, 7) is 2.03. The van der Waals surface area contributed by atoms with Crippen molar-refractivity contribution >= 4 is 43.3 Å². The molecule has 84 valence electrons. The Morgan fingerprint density at radius 3 is 2.94 bits per heavy atom. The second-order valence-electron chi connectivity index (χ2n) is 3.12. The summed E-state index contributed by atoms with van der Waals surface area (Å²) < 4.78 is 6.59. The molecule has 1 aromatic carbocycles. The van der Waals surface area contributed by atoms with Gasteiger partial charge < -0.3 is 9.84 Å². The van der Waals surface area contributed by atoms with Crippen LogP contribution in [0.3, 0.4) is 0 Å². The van der Waals surface area contributed by atoms with Crippen LogP contribution in [0.4, 0.5) is 0 Å². The molecule has 3 nitrogen and oxygen atoms in total. The Balaban J connectivity index is 2.60. The molecule has 0 radical (unpaired) electrons. The summed E-state index contributed by atoms with van der Waals surface area (Å²) in [7, 11) is 0. The monoisotopic (exact) mass is 300 g/mol. The van der Waals surface area contributed by atoms with Crippen LogP contribution in [0, 0.1) is 0 Å². The number of carbonyl (C=O) groups is 1. The predicted octanol–water partition coefficient (Wildman–Crippen LogP) is 3.55. The quantitative estimate of drug-likeness (QED) is 0.863. The Kier molecular flexibility index (Phi) is 3.16. The van der Waals surface area contributed by atoms with Gasteiger partial charge in [0.05, 0.1) is 11.3 Å². The first kappa shape index (κ1) is 11.4. The lowest BCUT2D eigenvalue weighted by atomic mass is 10.2. The Morgan fingerprint density at radius 2 is 2.31 bits per heavy atom. The van der Waals surface area contributed by atoms with Gasteiger partial charge in [-0.3, -0.25) is 0 Å². The summed E-state index contributed by atoms with van der Waals surface area (Å²) in [5.74, 6) is -0.479. The number of halogens is 1. The number of carbonyl (C=O) groups excluding carboxylic acids is 1. The zero-order valence-electron chi connectivity index (χ0n) is 8.49. The van der Waals surface area contributed by atoms with Gasteiger partial charge >= 0.3 is 5.97 Å². The van der Waals surface area contributed by atoms with Crippen LogP contribution >= 0.6 is 27.3 Å². The Bertz CT molecular complexity index is 547. The fourth-order valence-electron chi connectivity index (χ4n) is 1.41. The molecule has 0 spiro atoms. The van der Waals surface area contributed by atoms with Crippen molar-refractivity contribution in [3.63, 3.8) is 0 Å². The summed E-state index contributed by atoms with van der Waals surface area (Å²) in [5, 5.41) is 10.6. The molecule has 0 atom stereocenters. The van der Waals surface area contributed by atoms with E-state index in [4.69, 9.17) is 4.74 Å². The molecular weight excluding hydrogens is 292 g/mol. The van der Waals surface area contributed by atoms with Crippen molar-refractivity contribution in [2.75, 3.05) is 6.61 Å². The van der Waals surface area contributed by atoms with Crippen molar-refractivity contribution in [1.29, 1.82) is 0 Å². The van der Waals surface area contributed by atoms with Gasteiger partial charge in [-0.25, -0.2) is 4.79 Å². The van der Waals surface area contributed by atoms with Crippen LogP contribution in [0.1, 0.15) is 16.6 Å². The van der Waals surface area contributed by atoms with Gasteiger partial charge in [-0.05, 0) is 35.0 Å². The van der Waals surface area contributed by atoms with Gasteiger partial charge in [0.25, 0.3) is 0 Å². The lowest BCUT2D eigenvalue weighted by Crippen LogP contribution is -2.01. The molecule has 1 heterocycles. The third kappa shape index (κ3) is 1.81. The molecule has 0 saturated carbocycles. The molecule has 2 rings (SSSR count). The molecule has 2 aromatic rings. The normalized spacial score (nSPS) is 10.6. The van der Waals surface area contributed by atoms with Crippen LogP contribution in [-0.2, 0) is 4.74 Å². The third-order valence-corrected chi connectivity index (χ3v) is 4.23. The molecule has 0 unspecified atom stereocenters. The smallest absolute Gasteiger partial charge is 0.352 e. The summed E-state index contributed by atoms with van der Waals surface area (Å²) >= 11 is 4.61. The molecule has 0 bridgehead atoms. The zero-order chi connectivity index (χ0) is 11.7. The van der Waals surface area contributed by atoms with E-state index in [-0.39, 0.29) is 10.6 Å². The lowest BCUT2D eigenvalue weighted by molar-refractivity contribution is 0.0529. The van der Waals surface area contributed by atoms with Gasteiger partial charge in [0, 0.05) is 9.86 Å². The summed E-state index contributed by atoms with van der Waals surface area (Å²) in [5.41, 5.74) is 0. The first-order valence-electron chi connectivity index (χ1n) is 4.72. The lowest BCUT2D eigenvalue weighted by Gasteiger charge is -1.98. The van der Waals surface area contributed by atoms with Gasteiger partial charge in [0.2, 0.25) is 0 Å². The van der Waals surface area contributed by atoms with Crippen LogP contribution in [0.25, 0.3) is 10.1 Å². The average Bonchev–Trinajstić information content (AvgIpc) is 2.59. The van der Waals surface area contributed by atoms with Crippen LogP contribution in [-0.4, -0.2) is 17.7 Å². The second kappa shape index (κ2) is 4.43. The minimum atomic E-state index is -0.479. The summed E-state index contributed by atoms with van der Waals surface area (Å²) in [4.78, 5) is 11.8. The minimum absolute atomic E-state index is 0.000231. The van der Waals surface area contributed by atoms with Crippen molar-refractivity contribution in [2.24, 2.45) is 0 Å². The molecule has 0 saturated heterocycles. The van der Waals surface area contributed by atoms with Crippen molar-refractivity contribution < 1.29 is 14.6 Å². The molecule has 5 heteroatoms. The summed E-state index contributed by atoms with van der Waals surface area (Å²) in [6.07, 6.45) is 0. The van der Waals surface area contributed by atoms with Crippen LogP contribution in [0.2, 0.25) is 0 Å². The third-order valence-electron chi connectivity index (χ3n) is 2.10. The zero-order valence-corrected chi connectivity index (χ0v) is 10.9. The van der Waals surface area contributed by atoms with E-state index in [2.05, 4.69) is 15.9 Å². The fourth-order valence-corrected chi connectivity index (χ4v) is 3.01. The Labute approximate surface area is 105 Å². The first-order valence-corrected chi connectivity index (χ1v) is 6.33. The average molecular weight is 301 g/mol. The molecule has 0 amide bonds. The Morgan fingerprint density at radius 1 is 1.56 bits per heavy atom. The highest BCUT2D eigenvalue weighted by Crippen LogP contribution is 2.40. The number of benzene rings is 1. The largest absolute Gasteiger partial charge is 0.505 e. The van der Waals surface area contributed by atoms with E-state index in [0.717, 1.165) is 9.17 Å².